The summed E-state index contributed by atoms with van der Waals surface area (Å²) in [4.78, 5) is 8.07. The summed E-state index contributed by atoms with van der Waals surface area (Å²) >= 11 is 0. The first-order valence-corrected chi connectivity index (χ1v) is 26.8. The molecule has 2 aliphatic carbocycles. The maximum atomic E-state index is 2.76. The van der Waals surface area contributed by atoms with Gasteiger partial charge in [-0.2, -0.15) is 0 Å². The molecular formula is C68H68BN3. The molecule has 1 saturated carbocycles. The Morgan fingerprint density at radius 3 is 1.79 bits per heavy atom. The molecule has 0 N–H and O–H groups in total. The SMILES string of the molecule is Cc1cc2c3c(c1)N(c1ccc(C(C)(C)C)cc1-c1ccccc1)c1cc(N4c5ccccc5C5(C)CCCCC45C)ccc1B3c1ccc(C(C)(C)C)cc1N2c1ccc2c(c1)-c1ccccc1C2(C)C. The second kappa shape index (κ2) is 15.4. The average molecular weight is 938 g/mol. The Balaban J connectivity index is 1.11. The predicted octanol–water partition coefficient (Wildman–Crippen LogP) is 16.4. The molecule has 2 unspecified atom stereocenters. The van der Waals surface area contributed by atoms with E-state index in [4.69, 9.17) is 0 Å². The third kappa shape index (κ3) is 6.29. The van der Waals surface area contributed by atoms with Gasteiger partial charge in [0.05, 0.1) is 11.2 Å². The second-order valence-corrected chi connectivity index (χ2v) is 25.0. The van der Waals surface area contributed by atoms with Gasteiger partial charge >= 0.3 is 0 Å². The van der Waals surface area contributed by atoms with Crippen molar-refractivity contribution in [2.24, 2.45) is 0 Å². The Hall–Kier alpha value is -6.78. The van der Waals surface area contributed by atoms with Gasteiger partial charge in [0, 0.05) is 56.2 Å². The molecule has 8 aromatic rings. The number of para-hydroxylation sites is 1. The highest BCUT2D eigenvalue weighted by Gasteiger charge is 2.58. The van der Waals surface area contributed by atoms with Crippen LogP contribution in [0.5, 0.6) is 0 Å². The van der Waals surface area contributed by atoms with Crippen molar-refractivity contribution in [3.8, 4) is 22.3 Å². The highest BCUT2D eigenvalue weighted by Crippen LogP contribution is 2.61. The zero-order valence-electron chi connectivity index (χ0n) is 44.3. The van der Waals surface area contributed by atoms with Crippen LogP contribution in [0.2, 0.25) is 0 Å². The van der Waals surface area contributed by atoms with Gasteiger partial charge in [-0.15, -0.1) is 0 Å². The Morgan fingerprint density at radius 2 is 1.04 bits per heavy atom. The van der Waals surface area contributed by atoms with E-state index in [1.54, 1.807) is 0 Å². The predicted molar refractivity (Wildman–Crippen MR) is 308 cm³/mol. The Labute approximate surface area is 429 Å². The van der Waals surface area contributed by atoms with Crippen LogP contribution in [0.4, 0.5) is 45.5 Å². The van der Waals surface area contributed by atoms with Crippen molar-refractivity contribution < 1.29 is 0 Å². The van der Waals surface area contributed by atoms with Crippen LogP contribution >= 0.6 is 0 Å². The van der Waals surface area contributed by atoms with Crippen LogP contribution in [0.25, 0.3) is 22.3 Å². The van der Waals surface area contributed by atoms with Gasteiger partial charge < -0.3 is 14.7 Å². The van der Waals surface area contributed by atoms with Crippen LogP contribution in [0.15, 0.2) is 164 Å². The highest BCUT2D eigenvalue weighted by molar-refractivity contribution is 7.00. The second-order valence-electron chi connectivity index (χ2n) is 25.0. The summed E-state index contributed by atoms with van der Waals surface area (Å²) in [5, 5.41) is 0. The molecule has 358 valence electrons. The summed E-state index contributed by atoms with van der Waals surface area (Å²) < 4.78 is 0. The number of rotatable bonds is 4. The van der Waals surface area contributed by atoms with E-state index in [-0.39, 0.29) is 33.9 Å². The van der Waals surface area contributed by atoms with Crippen molar-refractivity contribution >= 4 is 68.6 Å². The Morgan fingerprint density at radius 1 is 0.444 bits per heavy atom. The molecule has 1 fully saturated rings. The Kier molecular flexibility index (Phi) is 9.63. The first-order valence-electron chi connectivity index (χ1n) is 26.8. The van der Waals surface area contributed by atoms with Gasteiger partial charge in [0.25, 0.3) is 6.71 Å². The van der Waals surface area contributed by atoms with Crippen LogP contribution in [0.1, 0.15) is 128 Å². The monoisotopic (exact) mass is 938 g/mol. The van der Waals surface area contributed by atoms with Gasteiger partial charge in [0.1, 0.15) is 0 Å². The van der Waals surface area contributed by atoms with Gasteiger partial charge in [-0.25, -0.2) is 0 Å². The van der Waals surface area contributed by atoms with Gasteiger partial charge in [-0.1, -0.05) is 178 Å². The van der Waals surface area contributed by atoms with E-state index < -0.39 is 0 Å². The fraction of sp³-hybridized carbons (Fsp3) is 0.294. The molecule has 0 spiro atoms. The van der Waals surface area contributed by atoms with Gasteiger partial charge in [0.2, 0.25) is 0 Å². The summed E-state index contributed by atoms with van der Waals surface area (Å²) in [6.07, 6.45) is 4.86. The molecular weight excluding hydrogens is 870 g/mol. The lowest BCUT2D eigenvalue weighted by Crippen LogP contribution is -2.61. The van der Waals surface area contributed by atoms with Crippen LogP contribution < -0.4 is 31.1 Å². The van der Waals surface area contributed by atoms with Crippen LogP contribution in [-0.4, -0.2) is 12.3 Å². The summed E-state index contributed by atoms with van der Waals surface area (Å²) in [7, 11) is 0. The van der Waals surface area contributed by atoms with Crippen molar-refractivity contribution in [1.82, 2.24) is 0 Å². The summed E-state index contributed by atoms with van der Waals surface area (Å²) in [5.41, 5.74) is 27.3. The van der Waals surface area contributed by atoms with Crippen LogP contribution in [0, 0.1) is 6.92 Å². The lowest BCUT2D eigenvalue weighted by atomic mass is 9.33. The van der Waals surface area contributed by atoms with Crippen molar-refractivity contribution in [1.29, 1.82) is 0 Å². The molecule has 72 heavy (non-hydrogen) atoms. The molecule has 5 aliphatic rings. The van der Waals surface area contributed by atoms with Crippen molar-refractivity contribution in [3.05, 3.63) is 197 Å². The molecule has 3 heterocycles. The topological polar surface area (TPSA) is 9.72 Å². The number of hydrogen-bond acceptors (Lipinski definition) is 3. The fourth-order valence-electron chi connectivity index (χ4n) is 14.3. The maximum Gasteiger partial charge on any atom is 0.252 e. The summed E-state index contributed by atoms with van der Waals surface area (Å²) in [6.45, 7) is 26.3. The normalized spacial score (nSPS) is 20.0. The molecule has 0 radical (unpaired) electrons. The summed E-state index contributed by atoms with van der Waals surface area (Å²) in [5.74, 6) is 0. The minimum atomic E-state index is -0.0799. The molecule has 2 atom stereocenters. The van der Waals surface area contributed by atoms with E-state index in [0.717, 1.165) is 6.42 Å². The Bertz CT molecular complexity index is 3550. The zero-order valence-corrected chi connectivity index (χ0v) is 44.3. The third-order valence-electron chi connectivity index (χ3n) is 18.3. The largest absolute Gasteiger partial charge is 0.334 e. The first-order chi connectivity index (χ1) is 34.4. The average Bonchev–Trinajstić information content (AvgIpc) is 3.72. The van der Waals surface area contributed by atoms with Crippen LogP contribution in [-0.2, 0) is 21.7 Å². The maximum absolute atomic E-state index is 2.76. The third-order valence-corrected chi connectivity index (χ3v) is 18.3. The molecule has 4 heteroatoms. The van der Waals surface area contributed by atoms with Gasteiger partial charge in [0.15, 0.2) is 0 Å². The first kappa shape index (κ1) is 45.1. The van der Waals surface area contributed by atoms with Crippen LogP contribution in [0.3, 0.4) is 0 Å². The quantitative estimate of drug-likeness (QED) is 0.163. The van der Waals surface area contributed by atoms with Crippen molar-refractivity contribution in [3.63, 3.8) is 0 Å². The molecule has 13 rings (SSSR count). The molecule has 0 aromatic heterocycles. The number of anilines is 8. The lowest BCUT2D eigenvalue weighted by Gasteiger charge is -2.50. The van der Waals surface area contributed by atoms with E-state index in [9.17, 15) is 0 Å². The standard InChI is InChI=1S/C68H68BN3/c1-43-37-61-63-62(38-43)71(57-34-28-45(64(2,3)4)39-50(57)44-21-13-12-14-22-44)60-42-48(72-58-26-18-17-25-54(58)67(10)35-19-20-36-68(67,72)11)30-33-56(60)69(63)55-32-27-46(65(5,6)7)40-59(55)70(61)47-29-31-53-51(41-47)49-23-15-16-24-52(49)66(53,8)9/h12-18,21-34,37-42H,19-20,35-36H2,1-11H3. The molecule has 0 saturated heterocycles. The summed E-state index contributed by atoms with van der Waals surface area (Å²) in [6, 6.07) is 64.1. The minimum absolute atomic E-state index is 0.000626. The number of benzene rings is 8. The molecule has 8 aromatic carbocycles. The number of nitrogens with zero attached hydrogens (tertiary/aromatic N) is 3. The minimum Gasteiger partial charge on any atom is -0.334 e. The molecule has 0 bridgehead atoms. The van der Waals surface area contributed by atoms with E-state index in [1.165, 1.54) is 137 Å². The molecule has 3 nitrogen and oxygen atoms in total. The van der Waals surface area contributed by atoms with Crippen molar-refractivity contribution in [2.75, 3.05) is 14.7 Å². The fourth-order valence-corrected chi connectivity index (χ4v) is 14.3. The van der Waals surface area contributed by atoms with E-state index in [1.807, 2.05) is 0 Å². The van der Waals surface area contributed by atoms with Crippen molar-refractivity contribution in [2.45, 2.75) is 129 Å². The zero-order chi connectivity index (χ0) is 49.9. The number of fused-ring (bicyclic) bond motifs is 10. The lowest BCUT2D eigenvalue weighted by molar-refractivity contribution is 0.195. The highest BCUT2D eigenvalue weighted by atomic mass is 15.3. The number of hydrogen-bond donors (Lipinski definition) is 0. The van der Waals surface area contributed by atoms with E-state index >= 15 is 0 Å². The van der Waals surface area contributed by atoms with Gasteiger partial charge in [-0.3, -0.25) is 0 Å². The van der Waals surface area contributed by atoms with E-state index in [0.29, 0.717) is 0 Å². The molecule has 3 aliphatic heterocycles. The van der Waals surface area contributed by atoms with Gasteiger partial charge in [-0.05, 0) is 165 Å². The van der Waals surface area contributed by atoms with E-state index in [2.05, 4.69) is 255 Å². The molecule has 0 amide bonds. The number of aryl methyl sites for hydroxylation is 1. The smallest absolute Gasteiger partial charge is 0.252 e.